The minimum Gasteiger partial charge on any atom is -0.392 e. The fraction of sp³-hybridized carbons (Fsp3) is 0.667. The van der Waals surface area contributed by atoms with Crippen LogP contribution in [0.1, 0.15) is 44.2 Å². The Morgan fingerprint density at radius 2 is 1.89 bits per heavy atom. The lowest BCUT2D eigenvalue weighted by atomic mass is 9.78. The summed E-state index contributed by atoms with van der Waals surface area (Å²) in [4.78, 5) is 17.0. The molecule has 2 aliphatic heterocycles. The predicted molar refractivity (Wildman–Crippen MR) is 101 cm³/mol. The molecule has 1 N–H and O–H groups in total. The fourth-order valence-electron chi connectivity index (χ4n) is 4.31. The van der Waals surface area contributed by atoms with Crippen LogP contribution in [-0.4, -0.2) is 59.1 Å². The quantitative estimate of drug-likeness (QED) is 0.846. The lowest BCUT2D eigenvalue weighted by Gasteiger charge is -2.45. The van der Waals surface area contributed by atoms with Gasteiger partial charge >= 0.3 is 6.18 Å². The first-order valence-electron chi connectivity index (χ1n) is 9.89. The standard InChI is InChI=1S/C21H29F3N2O2/c1-20(2)8-10-26(17(12-20)13-25-9-7-18(27)14-25)19(28)11-15-3-5-16(6-4-15)21(22,23)24/h3-6,17-18,27H,7-14H2,1-2H3. The number of aliphatic hydroxyl groups is 1. The van der Waals surface area contributed by atoms with Gasteiger partial charge in [0, 0.05) is 32.2 Å². The summed E-state index contributed by atoms with van der Waals surface area (Å²) in [7, 11) is 0. The molecule has 0 radical (unpaired) electrons. The number of rotatable bonds is 4. The number of alkyl halides is 3. The van der Waals surface area contributed by atoms with E-state index in [1.807, 2.05) is 4.90 Å². The second-order valence-electron chi connectivity index (χ2n) is 8.93. The monoisotopic (exact) mass is 398 g/mol. The molecule has 2 heterocycles. The van der Waals surface area contributed by atoms with Crippen LogP contribution in [0.2, 0.25) is 0 Å². The van der Waals surface area contributed by atoms with Gasteiger partial charge in [0.25, 0.3) is 0 Å². The number of halogens is 3. The van der Waals surface area contributed by atoms with Gasteiger partial charge in [-0.05, 0) is 42.4 Å². The lowest BCUT2D eigenvalue weighted by molar-refractivity contribution is -0.137. The van der Waals surface area contributed by atoms with Crippen molar-refractivity contribution in [2.24, 2.45) is 5.41 Å². The lowest BCUT2D eigenvalue weighted by Crippen LogP contribution is -2.53. The highest BCUT2D eigenvalue weighted by atomic mass is 19.4. The van der Waals surface area contributed by atoms with Gasteiger partial charge in [0.1, 0.15) is 0 Å². The molecule has 28 heavy (non-hydrogen) atoms. The van der Waals surface area contributed by atoms with Crippen molar-refractivity contribution in [3.05, 3.63) is 35.4 Å². The third-order valence-electron chi connectivity index (χ3n) is 5.93. The molecule has 1 aromatic rings. The van der Waals surface area contributed by atoms with E-state index in [1.54, 1.807) is 0 Å². The Hall–Kier alpha value is -1.60. The molecule has 2 atom stereocenters. The number of carbonyl (C=O) groups excluding carboxylic acids is 1. The summed E-state index contributed by atoms with van der Waals surface area (Å²) in [6.45, 7) is 7.27. The number of carbonyl (C=O) groups is 1. The van der Waals surface area contributed by atoms with Crippen LogP contribution in [0, 0.1) is 5.41 Å². The van der Waals surface area contributed by atoms with Gasteiger partial charge in [-0.15, -0.1) is 0 Å². The molecule has 2 unspecified atom stereocenters. The molecule has 2 aliphatic rings. The highest BCUT2D eigenvalue weighted by molar-refractivity contribution is 5.79. The van der Waals surface area contributed by atoms with Crippen molar-refractivity contribution in [2.45, 2.75) is 57.9 Å². The molecule has 0 aromatic heterocycles. The Bertz CT molecular complexity index is 688. The van der Waals surface area contributed by atoms with Gasteiger partial charge in [-0.2, -0.15) is 13.2 Å². The van der Waals surface area contributed by atoms with Gasteiger partial charge in [0.2, 0.25) is 5.91 Å². The van der Waals surface area contributed by atoms with Crippen LogP contribution in [0.15, 0.2) is 24.3 Å². The highest BCUT2D eigenvalue weighted by Gasteiger charge is 2.37. The molecular formula is C21H29F3N2O2. The van der Waals surface area contributed by atoms with Gasteiger partial charge in [-0.1, -0.05) is 26.0 Å². The van der Waals surface area contributed by atoms with E-state index in [9.17, 15) is 23.1 Å². The van der Waals surface area contributed by atoms with E-state index >= 15 is 0 Å². The summed E-state index contributed by atoms with van der Waals surface area (Å²) in [5.41, 5.74) is 0.0424. The van der Waals surface area contributed by atoms with E-state index in [0.29, 0.717) is 18.7 Å². The molecule has 2 fully saturated rings. The van der Waals surface area contributed by atoms with E-state index in [1.165, 1.54) is 12.1 Å². The highest BCUT2D eigenvalue weighted by Crippen LogP contribution is 2.35. The molecule has 156 valence electrons. The van der Waals surface area contributed by atoms with Crippen molar-refractivity contribution in [3.63, 3.8) is 0 Å². The number of piperidine rings is 1. The maximum atomic E-state index is 12.9. The normalized spacial score (nSPS) is 25.9. The van der Waals surface area contributed by atoms with Gasteiger partial charge in [-0.25, -0.2) is 0 Å². The second kappa shape index (κ2) is 8.03. The molecule has 0 spiro atoms. The number of nitrogens with zero attached hydrogens (tertiary/aromatic N) is 2. The maximum absolute atomic E-state index is 12.9. The number of hydrogen-bond donors (Lipinski definition) is 1. The topological polar surface area (TPSA) is 43.8 Å². The summed E-state index contributed by atoms with van der Waals surface area (Å²) < 4.78 is 38.2. The summed E-state index contributed by atoms with van der Waals surface area (Å²) in [6, 6.07) is 4.91. The Labute approximate surface area is 164 Å². The molecule has 1 aromatic carbocycles. The van der Waals surface area contributed by atoms with Crippen LogP contribution in [0.25, 0.3) is 0 Å². The maximum Gasteiger partial charge on any atom is 0.416 e. The predicted octanol–water partition coefficient (Wildman–Crippen LogP) is 3.33. The van der Waals surface area contributed by atoms with Crippen LogP contribution in [0.4, 0.5) is 13.2 Å². The van der Waals surface area contributed by atoms with Gasteiger partial charge in [0.15, 0.2) is 0 Å². The number of hydrogen-bond acceptors (Lipinski definition) is 3. The Morgan fingerprint density at radius 1 is 1.21 bits per heavy atom. The van der Waals surface area contributed by atoms with Crippen molar-refractivity contribution in [3.8, 4) is 0 Å². The molecular weight excluding hydrogens is 369 g/mol. The molecule has 0 aliphatic carbocycles. The second-order valence-corrected chi connectivity index (χ2v) is 8.93. The number of likely N-dealkylation sites (tertiary alicyclic amines) is 2. The molecule has 3 rings (SSSR count). The van der Waals surface area contributed by atoms with E-state index in [4.69, 9.17) is 0 Å². The zero-order valence-corrected chi connectivity index (χ0v) is 16.5. The minimum atomic E-state index is -4.37. The number of benzene rings is 1. The fourth-order valence-corrected chi connectivity index (χ4v) is 4.31. The molecule has 0 saturated carbocycles. The largest absolute Gasteiger partial charge is 0.416 e. The number of aliphatic hydroxyl groups excluding tert-OH is 1. The molecule has 4 nitrogen and oxygen atoms in total. The first kappa shape index (κ1) is 21.1. The van der Waals surface area contributed by atoms with Crippen LogP contribution >= 0.6 is 0 Å². The van der Waals surface area contributed by atoms with Crippen molar-refractivity contribution >= 4 is 5.91 Å². The first-order chi connectivity index (χ1) is 13.0. The van der Waals surface area contributed by atoms with Crippen LogP contribution in [-0.2, 0) is 17.4 Å². The Kier molecular flexibility index (Phi) is 6.05. The third kappa shape index (κ3) is 5.26. The van der Waals surface area contributed by atoms with Crippen LogP contribution < -0.4 is 0 Å². The van der Waals surface area contributed by atoms with Gasteiger partial charge in [0.05, 0.1) is 18.1 Å². The van der Waals surface area contributed by atoms with Crippen molar-refractivity contribution in [2.75, 3.05) is 26.2 Å². The van der Waals surface area contributed by atoms with Gasteiger partial charge in [-0.3, -0.25) is 9.69 Å². The molecule has 0 bridgehead atoms. The van der Waals surface area contributed by atoms with Gasteiger partial charge < -0.3 is 10.0 Å². The van der Waals surface area contributed by atoms with E-state index < -0.39 is 11.7 Å². The molecule has 1 amide bonds. The zero-order valence-electron chi connectivity index (χ0n) is 16.5. The summed E-state index contributed by atoms with van der Waals surface area (Å²) in [5.74, 6) is -0.0417. The summed E-state index contributed by atoms with van der Waals surface area (Å²) in [6.07, 6.45) is -2.00. The smallest absolute Gasteiger partial charge is 0.392 e. The number of β-amino-alcohol motifs (C(OH)–C–C–N with tert-alkyl or cyclic N) is 1. The average molecular weight is 398 g/mol. The average Bonchev–Trinajstić information content (AvgIpc) is 2.98. The Morgan fingerprint density at radius 3 is 2.46 bits per heavy atom. The third-order valence-corrected chi connectivity index (χ3v) is 5.93. The SMILES string of the molecule is CC1(C)CCN(C(=O)Cc2ccc(C(F)(F)F)cc2)C(CN2CCC(O)C2)C1. The summed E-state index contributed by atoms with van der Waals surface area (Å²) in [5, 5.41) is 9.78. The molecule has 2 saturated heterocycles. The Balaban J connectivity index is 1.67. The summed E-state index contributed by atoms with van der Waals surface area (Å²) >= 11 is 0. The number of amides is 1. The zero-order chi connectivity index (χ0) is 20.5. The minimum absolute atomic E-state index is 0.0417. The van der Waals surface area contributed by atoms with Crippen LogP contribution in [0.3, 0.4) is 0 Å². The van der Waals surface area contributed by atoms with E-state index in [2.05, 4.69) is 18.7 Å². The van der Waals surface area contributed by atoms with Crippen molar-refractivity contribution in [1.82, 2.24) is 9.80 Å². The van der Waals surface area contributed by atoms with E-state index in [0.717, 1.165) is 44.5 Å². The van der Waals surface area contributed by atoms with E-state index in [-0.39, 0.29) is 29.9 Å². The first-order valence-corrected chi connectivity index (χ1v) is 9.89. The van der Waals surface area contributed by atoms with Crippen LogP contribution in [0.5, 0.6) is 0 Å². The van der Waals surface area contributed by atoms with Crippen molar-refractivity contribution in [1.29, 1.82) is 0 Å². The molecule has 7 heteroatoms. The van der Waals surface area contributed by atoms with Crippen molar-refractivity contribution < 1.29 is 23.1 Å².